The smallest absolute Gasteiger partial charge is 0.266 e. The predicted molar refractivity (Wildman–Crippen MR) is 133 cm³/mol. The van der Waals surface area contributed by atoms with E-state index in [1.54, 1.807) is 37.3 Å². The Morgan fingerprint density at radius 2 is 1.74 bits per heavy atom. The molecule has 0 fully saturated rings. The van der Waals surface area contributed by atoms with Gasteiger partial charge in [0.1, 0.15) is 11.6 Å². The predicted octanol–water partition coefficient (Wildman–Crippen LogP) is 4.74. The molecule has 3 aromatic carbocycles. The molecule has 34 heavy (non-hydrogen) atoms. The molecule has 0 aliphatic heterocycles. The number of methoxy groups -OCH3 is 1. The maximum Gasteiger partial charge on any atom is 0.266 e. The highest BCUT2D eigenvalue weighted by Crippen LogP contribution is 2.30. The van der Waals surface area contributed by atoms with E-state index in [1.807, 2.05) is 19.1 Å². The number of para-hydroxylation sites is 1. The van der Waals surface area contributed by atoms with Crippen molar-refractivity contribution in [1.82, 2.24) is 13.9 Å². The minimum Gasteiger partial charge on any atom is -0.495 e. The molecule has 4 aromatic rings. The second kappa shape index (κ2) is 9.21. The van der Waals surface area contributed by atoms with Crippen molar-refractivity contribution in [3.63, 3.8) is 0 Å². The molecule has 0 spiro atoms. The lowest BCUT2D eigenvalue weighted by atomic mass is 10.1. The van der Waals surface area contributed by atoms with Crippen molar-refractivity contribution in [1.29, 1.82) is 0 Å². The van der Waals surface area contributed by atoms with E-state index in [9.17, 15) is 13.2 Å². The minimum absolute atomic E-state index is 0.0917. The van der Waals surface area contributed by atoms with Crippen molar-refractivity contribution in [2.45, 2.75) is 24.8 Å². The van der Waals surface area contributed by atoms with Gasteiger partial charge in [0.25, 0.3) is 5.56 Å². The van der Waals surface area contributed by atoms with Crippen molar-refractivity contribution in [2.24, 2.45) is 0 Å². The zero-order valence-electron chi connectivity index (χ0n) is 19.2. The van der Waals surface area contributed by atoms with E-state index in [1.165, 1.54) is 47.3 Å². The van der Waals surface area contributed by atoms with Crippen LogP contribution in [0, 0.1) is 6.92 Å². The zero-order chi connectivity index (χ0) is 24.6. The monoisotopic (exact) mass is 497 g/mol. The zero-order valence-corrected chi connectivity index (χ0v) is 20.8. The first-order chi connectivity index (χ1) is 16.1. The third-order valence-corrected chi connectivity index (χ3v) is 7.98. The van der Waals surface area contributed by atoms with Gasteiger partial charge in [0.2, 0.25) is 10.0 Å². The number of sulfonamides is 1. The first-order valence-electron chi connectivity index (χ1n) is 10.6. The fourth-order valence-corrected chi connectivity index (χ4v) is 5.23. The lowest BCUT2D eigenvalue weighted by Crippen LogP contribution is -2.35. The van der Waals surface area contributed by atoms with Gasteiger partial charge in [-0.2, -0.15) is 4.31 Å². The molecule has 176 valence electrons. The Morgan fingerprint density at radius 1 is 1.06 bits per heavy atom. The second-order valence-electron chi connectivity index (χ2n) is 7.95. The Labute approximate surface area is 203 Å². The SMILES string of the molecule is COc1ccc(C)cc1-n1c(C(C)N(C)S(=O)(=O)c2ccc(Cl)cc2)nc2ccccc2c1=O. The lowest BCUT2D eigenvalue weighted by molar-refractivity contribution is 0.376. The summed E-state index contributed by atoms with van der Waals surface area (Å²) in [6.07, 6.45) is 0. The van der Waals surface area contributed by atoms with Gasteiger partial charge in [0.15, 0.2) is 0 Å². The fraction of sp³-hybridized carbons (Fsp3) is 0.200. The molecule has 1 unspecified atom stereocenters. The number of ether oxygens (including phenoxy) is 1. The fourth-order valence-electron chi connectivity index (χ4n) is 3.78. The van der Waals surface area contributed by atoms with Gasteiger partial charge in [-0.05, 0) is 67.9 Å². The highest BCUT2D eigenvalue weighted by molar-refractivity contribution is 7.89. The Balaban J connectivity index is 1.96. The Hall–Kier alpha value is -3.20. The van der Waals surface area contributed by atoms with E-state index < -0.39 is 16.1 Å². The molecule has 1 heterocycles. The third-order valence-electron chi connectivity index (χ3n) is 5.79. The van der Waals surface area contributed by atoms with Crippen molar-refractivity contribution >= 4 is 32.5 Å². The maximum absolute atomic E-state index is 13.7. The molecule has 0 amide bonds. The van der Waals surface area contributed by atoms with Crippen LogP contribution in [0.5, 0.6) is 5.75 Å². The van der Waals surface area contributed by atoms with Crippen molar-refractivity contribution < 1.29 is 13.2 Å². The van der Waals surface area contributed by atoms with Gasteiger partial charge in [-0.25, -0.2) is 13.4 Å². The number of benzene rings is 3. The van der Waals surface area contributed by atoms with Crippen LogP contribution >= 0.6 is 11.6 Å². The maximum atomic E-state index is 13.7. The van der Waals surface area contributed by atoms with Crippen LogP contribution in [0.15, 0.2) is 76.4 Å². The average molecular weight is 498 g/mol. The van der Waals surface area contributed by atoms with E-state index in [4.69, 9.17) is 21.3 Å². The number of aromatic nitrogens is 2. The van der Waals surface area contributed by atoms with E-state index in [-0.39, 0.29) is 16.3 Å². The summed E-state index contributed by atoms with van der Waals surface area (Å²) in [4.78, 5) is 18.5. The molecule has 4 rings (SSSR count). The first-order valence-corrected chi connectivity index (χ1v) is 12.4. The standard InChI is InChI=1S/C25H24ClN3O4S/c1-16-9-14-23(33-4)22(15-16)29-24(27-21-8-6-5-7-20(21)25(29)30)17(2)28(3)34(31,32)19-12-10-18(26)11-13-19/h5-15,17H,1-4H3. The summed E-state index contributed by atoms with van der Waals surface area (Å²) in [5.74, 6) is 0.745. The molecule has 1 aromatic heterocycles. The van der Waals surface area contributed by atoms with E-state index in [0.29, 0.717) is 27.4 Å². The van der Waals surface area contributed by atoms with Gasteiger partial charge in [-0.15, -0.1) is 0 Å². The van der Waals surface area contributed by atoms with E-state index >= 15 is 0 Å². The van der Waals surface area contributed by atoms with Crippen molar-refractivity contribution in [3.05, 3.63) is 93.5 Å². The summed E-state index contributed by atoms with van der Waals surface area (Å²) in [5.41, 5.74) is 1.57. The molecule has 1 atom stereocenters. The second-order valence-corrected chi connectivity index (χ2v) is 10.4. The highest BCUT2D eigenvalue weighted by atomic mass is 35.5. The summed E-state index contributed by atoms with van der Waals surface area (Å²) >= 11 is 5.93. The van der Waals surface area contributed by atoms with Gasteiger partial charge >= 0.3 is 0 Å². The number of hydrogen-bond donors (Lipinski definition) is 0. The van der Waals surface area contributed by atoms with Crippen LogP contribution in [0.2, 0.25) is 5.02 Å². The summed E-state index contributed by atoms with van der Waals surface area (Å²) in [6, 6.07) is 17.6. The average Bonchev–Trinajstić information content (AvgIpc) is 2.83. The minimum atomic E-state index is -3.90. The molecule has 0 N–H and O–H groups in total. The summed E-state index contributed by atoms with van der Waals surface area (Å²) in [7, 11) is -0.916. The van der Waals surface area contributed by atoms with Gasteiger partial charge in [0.05, 0.1) is 34.6 Å². The quantitative estimate of drug-likeness (QED) is 0.384. The molecular formula is C25H24ClN3O4S. The number of nitrogens with zero attached hydrogens (tertiary/aromatic N) is 3. The largest absolute Gasteiger partial charge is 0.495 e. The van der Waals surface area contributed by atoms with Crippen LogP contribution in [-0.4, -0.2) is 36.4 Å². The van der Waals surface area contributed by atoms with Crippen LogP contribution in [0.4, 0.5) is 0 Å². The molecule has 0 radical (unpaired) electrons. The summed E-state index contributed by atoms with van der Waals surface area (Å²) in [6.45, 7) is 3.60. The van der Waals surface area contributed by atoms with Gasteiger partial charge in [-0.1, -0.05) is 29.8 Å². The number of aryl methyl sites for hydroxylation is 1. The molecule has 0 aliphatic carbocycles. The van der Waals surface area contributed by atoms with Gasteiger partial charge in [-0.3, -0.25) is 9.36 Å². The molecule has 0 bridgehead atoms. The lowest BCUT2D eigenvalue weighted by Gasteiger charge is -2.27. The molecule has 0 saturated carbocycles. The van der Waals surface area contributed by atoms with Crippen LogP contribution in [0.1, 0.15) is 24.4 Å². The number of halogens is 1. The Morgan fingerprint density at radius 3 is 2.41 bits per heavy atom. The van der Waals surface area contributed by atoms with Crippen molar-refractivity contribution in [3.8, 4) is 11.4 Å². The van der Waals surface area contributed by atoms with E-state index in [0.717, 1.165) is 5.56 Å². The number of hydrogen-bond acceptors (Lipinski definition) is 5. The normalized spacial score (nSPS) is 12.8. The van der Waals surface area contributed by atoms with Crippen molar-refractivity contribution in [2.75, 3.05) is 14.2 Å². The van der Waals surface area contributed by atoms with Crippen LogP contribution in [0.3, 0.4) is 0 Å². The molecule has 9 heteroatoms. The number of fused-ring (bicyclic) bond motifs is 1. The summed E-state index contributed by atoms with van der Waals surface area (Å²) in [5, 5.41) is 0.858. The Bertz CT molecular complexity index is 1530. The van der Waals surface area contributed by atoms with Gasteiger partial charge < -0.3 is 4.74 Å². The first kappa shape index (κ1) is 23.9. The number of rotatable bonds is 6. The highest BCUT2D eigenvalue weighted by Gasteiger charge is 2.30. The molecule has 7 nitrogen and oxygen atoms in total. The van der Waals surface area contributed by atoms with E-state index in [2.05, 4.69) is 0 Å². The van der Waals surface area contributed by atoms with Gasteiger partial charge in [0, 0.05) is 12.1 Å². The topological polar surface area (TPSA) is 81.5 Å². The summed E-state index contributed by atoms with van der Waals surface area (Å²) < 4.78 is 34.9. The molecular weight excluding hydrogens is 474 g/mol. The van der Waals surface area contributed by atoms with Crippen LogP contribution in [-0.2, 0) is 10.0 Å². The van der Waals surface area contributed by atoms with Crippen LogP contribution in [0.25, 0.3) is 16.6 Å². The Kier molecular flexibility index (Phi) is 6.49. The third kappa shape index (κ3) is 4.20. The molecule has 0 saturated heterocycles. The van der Waals surface area contributed by atoms with Crippen LogP contribution < -0.4 is 10.3 Å². The molecule has 0 aliphatic rings.